The number of morpholine rings is 1. The van der Waals surface area contributed by atoms with Gasteiger partial charge in [0.2, 0.25) is 5.91 Å². The number of aromatic nitrogens is 1. The van der Waals surface area contributed by atoms with Crippen molar-refractivity contribution in [2.24, 2.45) is 5.92 Å². The molecule has 2 aromatic rings. The van der Waals surface area contributed by atoms with Crippen LogP contribution in [0.25, 0.3) is 0 Å². The fraction of sp³-hybridized carbons (Fsp3) is 0.586. The molecule has 192 valence electrons. The van der Waals surface area contributed by atoms with Crippen LogP contribution in [0, 0.1) is 12.8 Å². The number of nitrogens with one attached hydrogen (secondary N) is 1. The molecule has 0 spiro atoms. The number of pyridine rings is 1. The largest absolute Gasteiger partial charge is 0.376 e. The van der Waals surface area contributed by atoms with E-state index in [-0.39, 0.29) is 24.0 Å². The number of carbonyl (C=O) groups excluding carboxylic acids is 1. The summed E-state index contributed by atoms with van der Waals surface area (Å²) in [6, 6.07) is 9.08. The Morgan fingerprint density at radius 3 is 2.67 bits per heavy atom. The van der Waals surface area contributed by atoms with E-state index in [1.807, 2.05) is 11.1 Å². The fourth-order valence-electron chi connectivity index (χ4n) is 6.39. The molecule has 1 N–H and O–H groups in total. The van der Waals surface area contributed by atoms with Crippen molar-refractivity contribution in [3.63, 3.8) is 0 Å². The zero-order valence-corrected chi connectivity index (χ0v) is 21.7. The van der Waals surface area contributed by atoms with Crippen LogP contribution in [0.1, 0.15) is 63.5 Å². The van der Waals surface area contributed by atoms with Gasteiger partial charge in [-0.05, 0) is 89.1 Å². The molecule has 2 atom stereocenters. The molecule has 1 amide bonds. The molecule has 1 aromatic heterocycles. The number of ether oxygens (including phenoxy) is 2. The Kier molecular flexibility index (Phi) is 6.38. The number of rotatable bonds is 4. The molecule has 5 aliphatic rings. The van der Waals surface area contributed by atoms with Crippen molar-refractivity contribution in [1.29, 1.82) is 0 Å². The molecule has 3 saturated heterocycles. The summed E-state index contributed by atoms with van der Waals surface area (Å²) >= 11 is 0. The highest BCUT2D eigenvalue weighted by Gasteiger charge is 2.37. The van der Waals surface area contributed by atoms with Gasteiger partial charge in [0.25, 0.3) is 0 Å². The fourth-order valence-corrected chi connectivity index (χ4v) is 6.39. The van der Waals surface area contributed by atoms with E-state index in [2.05, 4.69) is 60.2 Å². The monoisotopic (exact) mass is 490 g/mol. The highest BCUT2D eigenvalue weighted by Crippen LogP contribution is 2.41. The molecular weight excluding hydrogens is 452 g/mol. The van der Waals surface area contributed by atoms with E-state index in [0.29, 0.717) is 18.7 Å². The summed E-state index contributed by atoms with van der Waals surface area (Å²) in [7, 11) is 0. The number of fused-ring (bicyclic) bond motifs is 5. The van der Waals surface area contributed by atoms with E-state index in [4.69, 9.17) is 9.47 Å². The predicted octanol–water partition coefficient (Wildman–Crippen LogP) is 5.33. The summed E-state index contributed by atoms with van der Waals surface area (Å²) in [5.41, 5.74) is 5.23. The second-order valence-corrected chi connectivity index (χ2v) is 11.3. The van der Waals surface area contributed by atoms with Crippen LogP contribution in [0.5, 0.6) is 0 Å². The van der Waals surface area contributed by atoms with Gasteiger partial charge in [-0.3, -0.25) is 4.79 Å². The van der Waals surface area contributed by atoms with Crippen molar-refractivity contribution < 1.29 is 14.3 Å². The number of carbonyl (C=O) groups is 1. The van der Waals surface area contributed by atoms with E-state index in [1.54, 1.807) is 0 Å². The van der Waals surface area contributed by atoms with Crippen LogP contribution in [-0.2, 0) is 20.8 Å². The molecule has 2 bridgehead atoms. The summed E-state index contributed by atoms with van der Waals surface area (Å²) in [4.78, 5) is 23.3. The molecule has 4 fully saturated rings. The highest BCUT2D eigenvalue weighted by molar-refractivity contribution is 6.00. The van der Waals surface area contributed by atoms with E-state index >= 15 is 0 Å². The Balaban J connectivity index is 1.32. The summed E-state index contributed by atoms with van der Waals surface area (Å²) in [5, 5.41) is 3.54. The Morgan fingerprint density at radius 2 is 1.97 bits per heavy atom. The van der Waals surface area contributed by atoms with E-state index in [0.717, 1.165) is 73.6 Å². The summed E-state index contributed by atoms with van der Waals surface area (Å²) in [6.07, 6.45) is 8.64. The average molecular weight is 491 g/mol. The molecule has 7 nitrogen and oxygen atoms in total. The number of nitrogens with zero attached hydrogens (tertiary/aromatic N) is 3. The third-order valence-corrected chi connectivity index (χ3v) is 8.23. The minimum Gasteiger partial charge on any atom is -0.376 e. The zero-order chi connectivity index (χ0) is 24.8. The van der Waals surface area contributed by atoms with Crippen LogP contribution in [-0.4, -0.2) is 48.4 Å². The lowest BCUT2D eigenvalue weighted by Gasteiger charge is -2.46. The third-order valence-electron chi connectivity index (χ3n) is 8.23. The van der Waals surface area contributed by atoms with Gasteiger partial charge in [0.1, 0.15) is 5.82 Å². The SMILES string of the molecule is Cc1cnc2c(c1)CN(C(=O)[C@H]1CC[C@H](OC(C)C)CC1)c1cc(N3C[C@@H]4CC[C@H]3CO4)ccc1N2. The predicted molar refractivity (Wildman–Crippen MR) is 142 cm³/mol. The molecule has 7 heteroatoms. The summed E-state index contributed by atoms with van der Waals surface area (Å²) < 4.78 is 12.0. The lowest BCUT2D eigenvalue weighted by molar-refractivity contribution is -0.124. The first-order valence-electron chi connectivity index (χ1n) is 13.7. The van der Waals surface area contributed by atoms with Crippen LogP contribution in [0.4, 0.5) is 22.9 Å². The van der Waals surface area contributed by atoms with Crippen molar-refractivity contribution in [1.82, 2.24) is 4.98 Å². The van der Waals surface area contributed by atoms with Crippen molar-refractivity contribution in [3.8, 4) is 0 Å². The van der Waals surface area contributed by atoms with Gasteiger partial charge >= 0.3 is 0 Å². The zero-order valence-electron chi connectivity index (χ0n) is 21.7. The Hall–Kier alpha value is -2.64. The van der Waals surface area contributed by atoms with Crippen LogP contribution >= 0.6 is 0 Å². The first-order valence-corrected chi connectivity index (χ1v) is 13.7. The minimum atomic E-state index is 0.0206. The van der Waals surface area contributed by atoms with Crippen LogP contribution in [0.3, 0.4) is 0 Å². The number of aryl methyl sites for hydroxylation is 1. The van der Waals surface area contributed by atoms with Crippen molar-refractivity contribution >= 4 is 28.8 Å². The molecule has 4 aliphatic heterocycles. The molecule has 5 heterocycles. The van der Waals surface area contributed by atoms with Gasteiger partial charge in [-0.15, -0.1) is 0 Å². The first-order chi connectivity index (χ1) is 17.4. The summed E-state index contributed by atoms with van der Waals surface area (Å²) in [5.74, 6) is 1.08. The number of amides is 1. The van der Waals surface area contributed by atoms with Gasteiger partial charge in [0, 0.05) is 29.9 Å². The molecule has 1 aliphatic carbocycles. The van der Waals surface area contributed by atoms with Gasteiger partial charge in [0.05, 0.1) is 48.9 Å². The van der Waals surface area contributed by atoms with Crippen molar-refractivity contribution in [2.75, 3.05) is 28.3 Å². The standard InChI is InChI=1S/C29H38N4O3/c1-18(2)36-24-8-4-20(5-9-24)29(34)33-15-21-12-19(3)14-30-28(21)31-26-11-7-22(13-27(26)33)32-16-25-10-6-23(32)17-35-25/h7,11-14,18,20,23-25H,4-6,8-10,15-17H2,1-3H3,(H,30,31)/t20-,23-,24-,25-/m0/s1. The third kappa shape index (κ3) is 4.59. The molecule has 0 unspecified atom stereocenters. The Morgan fingerprint density at radius 1 is 1.14 bits per heavy atom. The van der Waals surface area contributed by atoms with Crippen LogP contribution in [0.15, 0.2) is 30.5 Å². The van der Waals surface area contributed by atoms with Crippen LogP contribution < -0.4 is 15.1 Å². The lowest BCUT2D eigenvalue weighted by Crippen LogP contribution is -2.54. The number of hydrogen-bond acceptors (Lipinski definition) is 6. The maximum absolute atomic E-state index is 14.1. The number of benzene rings is 1. The molecule has 36 heavy (non-hydrogen) atoms. The number of anilines is 4. The second kappa shape index (κ2) is 9.67. The quantitative estimate of drug-likeness (QED) is 0.625. The van der Waals surface area contributed by atoms with Crippen LogP contribution in [0.2, 0.25) is 0 Å². The van der Waals surface area contributed by atoms with E-state index < -0.39 is 0 Å². The second-order valence-electron chi connectivity index (χ2n) is 11.3. The topological polar surface area (TPSA) is 66.9 Å². The smallest absolute Gasteiger partial charge is 0.230 e. The van der Waals surface area contributed by atoms with Gasteiger partial charge in [-0.2, -0.15) is 0 Å². The van der Waals surface area contributed by atoms with E-state index in [1.165, 1.54) is 12.1 Å². The molecule has 1 aromatic carbocycles. The molecular formula is C29H38N4O3. The van der Waals surface area contributed by atoms with Gasteiger partial charge in [-0.1, -0.05) is 0 Å². The summed E-state index contributed by atoms with van der Waals surface area (Å²) in [6.45, 7) is 8.47. The Labute approximate surface area is 214 Å². The molecule has 1 saturated carbocycles. The molecule has 0 radical (unpaired) electrons. The highest BCUT2D eigenvalue weighted by atomic mass is 16.5. The number of hydrogen-bond donors (Lipinski definition) is 1. The molecule has 7 rings (SSSR count). The Bertz CT molecular complexity index is 1120. The van der Waals surface area contributed by atoms with E-state index in [9.17, 15) is 4.79 Å². The minimum absolute atomic E-state index is 0.0206. The van der Waals surface area contributed by atoms with Crippen molar-refractivity contribution in [3.05, 3.63) is 41.6 Å². The normalized spacial score (nSPS) is 27.3. The van der Waals surface area contributed by atoms with Gasteiger partial charge in [-0.25, -0.2) is 4.98 Å². The number of piperidine rings is 1. The van der Waals surface area contributed by atoms with Crippen molar-refractivity contribution in [2.45, 2.75) is 90.2 Å². The average Bonchev–Trinajstić information content (AvgIpc) is 3.05. The van der Waals surface area contributed by atoms with Gasteiger partial charge < -0.3 is 24.6 Å². The van der Waals surface area contributed by atoms with Gasteiger partial charge in [0.15, 0.2) is 0 Å². The maximum atomic E-state index is 14.1. The lowest BCUT2D eigenvalue weighted by atomic mass is 9.86. The first kappa shape index (κ1) is 23.7. The maximum Gasteiger partial charge on any atom is 0.230 e.